The van der Waals surface area contributed by atoms with Crippen LogP contribution < -0.4 is 15.4 Å². The number of thiocarbonyl (C=S) groups is 1. The van der Waals surface area contributed by atoms with Gasteiger partial charge < -0.3 is 10.1 Å². The number of nitrogens with one attached hydrogen (secondary N) is 2. The highest BCUT2D eigenvalue weighted by atomic mass is 35.5. The highest BCUT2D eigenvalue weighted by molar-refractivity contribution is 7.80. The van der Waals surface area contributed by atoms with E-state index in [0.717, 1.165) is 15.8 Å². The summed E-state index contributed by atoms with van der Waals surface area (Å²) in [5.41, 5.74) is 3.60. The second-order valence-corrected chi connectivity index (χ2v) is 7.55. The fraction of sp³-hybridized carbons (Fsp3) is 0.167. The van der Waals surface area contributed by atoms with Crippen LogP contribution in [0.15, 0.2) is 30.3 Å². The van der Waals surface area contributed by atoms with Crippen LogP contribution in [0.2, 0.25) is 5.02 Å². The summed E-state index contributed by atoms with van der Waals surface area (Å²) in [6.45, 7) is 4.07. The SMILES string of the molecule is COc1ccc(C(=O)NC(=S)Nc2nc3c(C)cc(C)cc3s2)cc1Cl. The van der Waals surface area contributed by atoms with E-state index in [-0.39, 0.29) is 11.0 Å². The molecule has 0 aliphatic heterocycles. The molecular weight excluding hydrogens is 390 g/mol. The van der Waals surface area contributed by atoms with Crippen molar-refractivity contribution in [3.63, 3.8) is 0 Å². The Morgan fingerprint density at radius 1 is 1.27 bits per heavy atom. The van der Waals surface area contributed by atoms with E-state index >= 15 is 0 Å². The Bertz CT molecular complexity index is 1020. The zero-order valence-corrected chi connectivity index (χ0v) is 16.7. The van der Waals surface area contributed by atoms with Crippen LogP contribution in [0.25, 0.3) is 10.2 Å². The molecule has 0 radical (unpaired) electrons. The number of carbonyl (C=O) groups is 1. The van der Waals surface area contributed by atoms with Crippen LogP contribution in [0.3, 0.4) is 0 Å². The third-order valence-corrected chi connectivity index (χ3v) is 5.11. The van der Waals surface area contributed by atoms with E-state index < -0.39 is 0 Å². The Kier molecular flexibility index (Phi) is 5.41. The number of aromatic nitrogens is 1. The van der Waals surface area contributed by atoms with Gasteiger partial charge in [-0.15, -0.1) is 0 Å². The molecule has 1 amide bonds. The lowest BCUT2D eigenvalue weighted by molar-refractivity contribution is 0.0977. The molecule has 1 heterocycles. The van der Waals surface area contributed by atoms with E-state index in [2.05, 4.69) is 27.8 Å². The van der Waals surface area contributed by atoms with Crippen molar-refractivity contribution in [2.75, 3.05) is 12.4 Å². The molecule has 3 rings (SSSR count). The van der Waals surface area contributed by atoms with Gasteiger partial charge in [-0.3, -0.25) is 10.1 Å². The molecule has 3 aromatic rings. The van der Waals surface area contributed by atoms with Gasteiger partial charge in [0.2, 0.25) is 0 Å². The van der Waals surface area contributed by atoms with Crippen LogP contribution in [0.1, 0.15) is 21.5 Å². The maximum absolute atomic E-state index is 12.3. The summed E-state index contributed by atoms with van der Waals surface area (Å²) < 4.78 is 6.15. The summed E-state index contributed by atoms with van der Waals surface area (Å²) in [4.78, 5) is 16.9. The number of nitrogens with zero attached hydrogens (tertiary/aromatic N) is 1. The van der Waals surface area contributed by atoms with Crippen molar-refractivity contribution in [1.82, 2.24) is 10.3 Å². The lowest BCUT2D eigenvalue weighted by Crippen LogP contribution is -2.34. The first-order valence-corrected chi connectivity index (χ1v) is 9.31. The Morgan fingerprint density at radius 2 is 2.04 bits per heavy atom. The van der Waals surface area contributed by atoms with Gasteiger partial charge in [0.25, 0.3) is 5.91 Å². The summed E-state index contributed by atoms with van der Waals surface area (Å²) in [6.07, 6.45) is 0. The zero-order chi connectivity index (χ0) is 18.8. The number of halogens is 1. The monoisotopic (exact) mass is 405 g/mol. The Labute approximate surface area is 165 Å². The van der Waals surface area contributed by atoms with E-state index in [4.69, 9.17) is 28.6 Å². The van der Waals surface area contributed by atoms with Crippen molar-refractivity contribution in [1.29, 1.82) is 0 Å². The number of anilines is 1. The van der Waals surface area contributed by atoms with Gasteiger partial charge in [0.1, 0.15) is 5.75 Å². The highest BCUT2D eigenvalue weighted by Crippen LogP contribution is 2.29. The molecular formula is C18H16ClN3O2S2. The number of ether oxygens (including phenoxy) is 1. The lowest BCUT2D eigenvalue weighted by atomic mass is 10.1. The minimum atomic E-state index is -0.361. The van der Waals surface area contributed by atoms with Gasteiger partial charge in [-0.1, -0.05) is 29.0 Å². The predicted molar refractivity (Wildman–Crippen MR) is 111 cm³/mol. The Hall–Kier alpha value is -2.22. The molecule has 1 aromatic heterocycles. The maximum atomic E-state index is 12.3. The number of thiazole rings is 1. The van der Waals surface area contributed by atoms with E-state index in [9.17, 15) is 4.79 Å². The van der Waals surface area contributed by atoms with Crippen LogP contribution >= 0.6 is 35.2 Å². The van der Waals surface area contributed by atoms with Gasteiger partial charge in [0.15, 0.2) is 10.2 Å². The first kappa shape index (κ1) is 18.6. The topological polar surface area (TPSA) is 63.2 Å². The molecule has 0 unspecified atom stereocenters. The molecule has 0 bridgehead atoms. The first-order valence-electron chi connectivity index (χ1n) is 7.71. The van der Waals surface area contributed by atoms with Gasteiger partial charge in [-0.25, -0.2) is 4.98 Å². The minimum Gasteiger partial charge on any atom is -0.495 e. The number of benzene rings is 2. The molecule has 0 aliphatic rings. The summed E-state index contributed by atoms with van der Waals surface area (Å²) in [6, 6.07) is 8.94. The van der Waals surface area contributed by atoms with Crippen molar-refractivity contribution in [3.05, 3.63) is 52.0 Å². The van der Waals surface area contributed by atoms with Gasteiger partial charge in [0, 0.05) is 5.56 Å². The number of aryl methyl sites for hydroxylation is 2. The summed E-state index contributed by atoms with van der Waals surface area (Å²) in [5, 5.41) is 6.76. The number of rotatable bonds is 3. The van der Waals surface area contributed by atoms with E-state index in [1.807, 2.05) is 13.8 Å². The summed E-state index contributed by atoms with van der Waals surface area (Å²) in [7, 11) is 1.52. The van der Waals surface area contributed by atoms with Crippen LogP contribution in [0.5, 0.6) is 5.75 Å². The second kappa shape index (κ2) is 7.57. The van der Waals surface area contributed by atoms with Crippen molar-refractivity contribution in [3.8, 4) is 5.75 Å². The fourth-order valence-corrected chi connectivity index (χ4v) is 4.09. The predicted octanol–water partition coefficient (Wildman–Crippen LogP) is 4.70. The highest BCUT2D eigenvalue weighted by Gasteiger charge is 2.13. The molecule has 5 nitrogen and oxygen atoms in total. The molecule has 0 fully saturated rings. The van der Waals surface area contributed by atoms with E-state index in [1.54, 1.807) is 12.1 Å². The standard InChI is InChI=1S/C18H16ClN3O2S2/c1-9-6-10(2)15-14(7-9)26-18(20-15)22-17(25)21-16(23)11-4-5-13(24-3)12(19)8-11/h4-8H,1-3H3,(H2,20,21,22,23,25). The number of carbonyl (C=O) groups excluding carboxylic acids is 1. The van der Waals surface area contributed by atoms with E-state index in [1.165, 1.54) is 30.1 Å². The van der Waals surface area contributed by atoms with Gasteiger partial charge in [-0.05, 0) is 61.5 Å². The normalized spacial score (nSPS) is 10.6. The maximum Gasteiger partial charge on any atom is 0.257 e. The molecule has 0 saturated heterocycles. The molecule has 0 aliphatic carbocycles. The number of hydrogen-bond donors (Lipinski definition) is 2. The molecule has 2 aromatic carbocycles. The largest absolute Gasteiger partial charge is 0.495 e. The first-order chi connectivity index (χ1) is 12.4. The fourth-order valence-electron chi connectivity index (χ4n) is 2.54. The molecule has 0 atom stereocenters. The molecule has 8 heteroatoms. The zero-order valence-electron chi connectivity index (χ0n) is 14.3. The number of amides is 1. The molecule has 0 spiro atoms. The van der Waals surface area contributed by atoms with Crippen LogP contribution in [-0.2, 0) is 0 Å². The van der Waals surface area contributed by atoms with E-state index in [0.29, 0.717) is 21.5 Å². The third-order valence-electron chi connectivity index (χ3n) is 3.69. The summed E-state index contributed by atoms with van der Waals surface area (Å²) in [5.74, 6) is 0.143. The smallest absolute Gasteiger partial charge is 0.257 e. The Balaban J connectivity index is 1.71. The van der Waals surface area contributed by atoms with Crippen LogP contribution in [0, 0.1) is 13.8 Å². The van der Waals surface area contributed by atoms with Crippen molar-refractivity contribution in [2.24, 2.45) is 0 Å². The average molecular weight is 406 g/mol. The third kappa shape index (κ3) is 3.95. The number of fused-ring (bicyclic) bond motifs is 1. The quantitative estimate of drug-likeness (QED) is 0.618. The summed E-state index contributed by atoms with van der Waals surface area (Å²) >= 11 is 12.8. The van der Waals surface area contributed by atoms with Crippen molar-refractivity contribution < 1.29 is 9.53 Å². The van der Waals surface area contributed by atoms with Gasteiger partial charge >= 0.3 is 0 Å². The van der Waals surface area contributed by atoms with Crippen molar-refractivity contribution >= 4 is 61.5 Å². The second-order valence-electron chi connectivity index (χ2n) is 5.71. The number of methoxy groups -OCH3 is 1. The molecule has 0 saturated carbocycles. The van der Waals surface area contributed by atoms with Crippen molar-refractivity contribution in [2.45, 2.75) is 13.8 Å². The molecule has 26 heavy (non-hydrogen) atoms. The molecule has 2 N–H and O–H groups in total. The van der Waals surface area contributed by atoms with Gasteiger partial charge in [0.05, 0.1) is 22.3 Å². The van der Waals surface area contributed by atoms with Gasteiger partial charge in [-0.2, -0.15) is 0 Å². The lowest BCUT2D eigenvalue weighted by Gasteiger charge is -2.08. The Morgan fingerprint density at radius 3 is 2.73 bits per heavy atom. The van der Waals surface area contributed by atoms with Crippen LogP contribution in [0.4, 0.5) is 5.13 Å². The molecule has 134 valence electrons. The minimum absolute atomic E-state index is 0.176. The number of hydrogen-bond acceptors (Lipinski definition) is 5. The van der Waals surface area contributed by atoms with Crippen LogP contribution in [-0.4, -0.2) is 23.1 Å². The average Bonchev–Trinajstić information content (AvgIpc) is 2.97.